The zero-order valence-corrected chi connectivity index (χ0v) is 18.4. The van der Waals surface area contributed by atoms with Crippen LogP contribution in [0.3, 0.4) is 0 Å². The van der Waals surface area contributed by atoms with Gasteiger partial charge in [-0.25, -0.2) is 9.97 Å². The molecule has 0 saturated carbocycles. The normalized spacial score (nSPS) is 11.3. The Morgan fingerprint density at radius 1 is 1.13 bits per heavy atom. The lowest BCUT2D eigenvalue weighted by atomic mass is 10.1. The van der Waals surface area contributed by atoms with Crippen LogP contribution in [0.2, 0.25) is 5.02 Å². The predicted molar refractivity (Wildman–Crippen MR) is 125 cm³/mol. The molecule has 2 aromatic carbocycles. The summed E-state index contributed by atoms with van der Waals surface area (Å²) in [6.07, 6.45) is 2.52. The van der Waals surface area contributed by atoms with Crippen molar-refractivity contribution in [2.45, 2.75) is 11.6 Å². The van der Waals surface area contributed by atoms with Crippen molar-refractivity contribution >= 4 is 67.8 Å². The van der Waals surface area contributed by atoms with E-state index in [1.807, 2.05) is 48.5 Å². The number of hydrogen-bond donors (Lipinski definition) is 2. The molecule has 0 saturated heterocycles. The highest BCUT2D eigenvalue weighted by molar-refractivity contribution is 7.99. The first kappa shape index (κ1) is 19.9. The predicted octanol–water partition coefficient (Wildman–Crippen LogP) is 4.94. The van der Waals surface area contributed by atoms with E-state index >= 15 is 0 Å². The number of nitrogens with zero attached hydrogens (tertiary/aromatic N) is 4. The number of carbonyl (C=O) groups excluding carboxylic acids is 1. The van der Waals surface area contributed by atoms with Crippen LogP contribution in [-0.2, 0) is 11.2 Å². The lowest BCUT2D eigenvalue weighted by molar-refractivity contribution is -0.113. The number of carbonyl (C=O) groups is 1. The second kappa shape index (κ2) is 8.62. The first-order chi connectivity index (χ1) is 15.1. The Kier molecular flexibility index (Phi) is 5.54. The molecule has 3 aromatic heterocycles. The Labute approximate surface area is 190 Å². The maximum absolute atomic E-state index is 12.3. The summed E-state index contributed by atoms with van der Waals surface area (Å²) in [7, 11) is 0. The van der Waals surface area contributed by atoms with E-state index in [1.54, 1.807) is 6.20 Å². The number of fused-ring (bicyclic) bond motifs is 3. The van der Waals surface area contributed by atoms with Crippen molar-refractivity contribution in [3.8, 4) is 0 Å². The van der Waals surface area contributed by atoms with Crippen molar-refractivity contribution in [3.63, 3.8) is 0 Å². The van der Waals surface area contributed by atoms with Crippen molar-refractivity contribution in [3.05, 3.63) is 70.2 Å². The van der Waals surface area contributed by atoms with E-state index in [9.17, 15) is 4.79 Å². The molecule has 0 atom stereocenters. The van der Waals surface area contributed by atoms with Gasteiger partial charge in [-0.3, -0.25) is 4.79 Å². The van der Waals surface area contributed by atoms with Gasteiger partial charge in [0.05, 0.1) is 5.75 Å². The number of benzene rings is 2. The van der Waals surface area contributed by atoms with Gasteiger partial charge in [0.15, 0.2) is 10.8 Å². The Bertz CT molecular complexity index is 1380. The molecule has 31 heavy (non-hydrogen) atoms. The molecule has 0 unspecified atom stereocenters. The van der Waals surface area contributed by atoms with Gasteiger partial charge in [-0.15, -0.1) is 21.5 Å². The molecule has 0 bridgehead atoms. The monoisotopic (exact) mass is 466 g/mol. The average Bonchev–Trinajstić information content (AvgIpc) is 3.37. The third-order valence-electron chi connectivity index (χ3n) is 4.53. The first-order valence-corrected chi connectivity index (χ1v) is 11.5. The molecule has 5 aromatic rings. The standard InChI is InChI=1S/C21H15ClN6OS2/c22-13-7-5-12(6-8-13)9-14-10-23-20(31-14)25-17(29)11-30-21-26-19-18(27-28-21)15-3-1-2-4-16(15)24-19/h1-8,10H,9,11H2,(H,23,25,29)(H,24,26,28). The van der Waals surface area contributed by atoms with Gasteiger partial charge >= 0.3 is 0 Å². The Morgan fingerprint density at radius 2 is 1.97 bits per heavy atom. The lowest BCUT2D eigenvalue weighted by Crippen LogP contribution is -2.14. The number of aromatic amines is 1. The number of nitrogens with one attached hydrogen (secondary N) is 2. The maximum atomic E-state index is 12.3. The fourth-order valence-corrected chi connectivity index (χ4v) is 4.68. The van der Waals surface area contributed by atoms with E-state index in [1.165, 1.54) is 23.1 Å². The minimum absolute atomic E-state index is 0.166. The van der Waals surface area contributed by atoms with E-state index in [2.05, 4.69) is 30.5 Å². The minimum Gasteiger partial charge on any atom is -0.338 e. The number of aromatic nitrogens is 5. The second-order valence-electron chi connectivity index (χ2n) is 6.73. The summed E-state index contributed by atoms with van der Waals surface area (Å²) in [6, 6.07) is 15.5. The highest BCUT2D eigenvalue weighted by Crippen LogP contribution is 2.24. The summed E-state index contributed by atoms with van der Waals surface area (Å²) < 4.78 is 0. The van der Waals surface area contributed by atoms with Crippen LogP contribution in [-0.4, -0.2) is 36.8 Å². The van der Waals surface area contributed by atoms with Gasteiger partial charge < -0.3 is 10.3 Å². The smallest absolute Gasteiger partial charge is 0.236 e. The van der Waals surface area contributed by atoms with Gasteiger partial charge in [0.2, 0.25) is 11.1 Å². The molecule has 10 heteroatoms. The zero-order valence-electron chi connectivity index (χ0n) is 16.0. The summed E-state index contributed by atoms with van der Waals surface area (Å²) in [5, 5.41) is 13.9. The molecule has 0 aliphatic heterocycles. The number of rotatable bonds is 6. The number of amides is 1. The number of H-pyrrole nitrogens is 1. The van der Waals surface area contributed by atoms with Gasteiger partial charge in [-0.05, 0) is 23.8 Å². The van der Waals surface area contributed by atoms with Crippen LogP contribution in [0.15, 0.2) is 59.9 Å². The largest absolute Gasteiger partial charge is 0.338 e. The van der Waals surface area contributed by atoms with Crippen LogP contribution < -0.4 is 5.32 Å². The van der Waals surface area contributed by atoms with Gasteiger partial charge in [0, 0.05) is 33.4 Å². The van der Waals surface area contributed by atoms with Crippen molar-refractivity contribution in [2.24, 2.45) is 0 Å². The third kappa shape index (κ3) is 4.53. The molecular weight excluding hydrogens is 452 g/mol. The van der Waals surface area contributed by atoms with Crippen molar-refractivity contribution in [1.82, 2.24) is 25.1 Å². The number of halogens is 1. The molecule has 1 amide bonds. The van der Waals surface area contributed by atoms with Crippen molar-refractivity contribution in [1.29, 1.82) is 0 Å². The number of anilines is 1. The fraction of sp³-hybridized carbons (Fsp3) is 0.0952. The van der Waals surface area contributed by atoms with Gasteiger partial charge in [0.25, 0.3) is 0 Å². The number of thioether (sulfide) groups is 1. The molecule has 154 valence electrons. The topological polar surface area (TPSA) is 96.5 Å². The molecule has 5 rings (SSSR count). The van der Waals surface area contributed by atoms with Crippen molar-refractivity contribution in [2.75, 3.05) is 11.1 Å². The lowest BCUT2D eigenvalue weighted by Gasteiger charge is -2.01. The molecule has 3 heterocycles. The van der Waals surface area contributed by atoms with Crippen LogP contribution in [0.25, 0.3) is 22.1 Å². The average molecular weight is 467 g/mol. The Morgan fingerprint density at radius 3 is 2.84 bits per heavy atom. The van der Waals surface area contributed by atoms with Crippen LogP contribution in [0.4, 0.5) is 5.13 Å². The summed E-state index contributed by atoms with van der Waals surface area (Å²) in [4.78, 5) is 25.4. The molecule has 0 fully saturated rings. The summed E-state index contributed by atoms with van der Waals surface area (Å²) in [5.74, 6) is -0.00258. The van der Waals surface area contributed by atoms with E-state index < -0.39 is 0 Å². The first-order valence-electron chi connectivity index (χ1n) is 9.37. The van der Waals surface area contributed by atoms with Gasteiger partial charge in [0.1, 0.15) is 5.52 Å². The molecule has 0 spiro atoms. The second-order valence-corrected chi connectivity index (χ2v) is 9.23. The van der Waals surface area contributed by atoms with Crippen molar-refractivity contribution < 1.29 is 4.79 Å². The van der Waals surface area contributed by atoms with Crippen LogP contribution in [0, 0.1) is 0 Å². The summed E-state index contributed by atoms with van der Waals surface area (Å²) in [5.41, 5.74) is 3.47. The highest BCUT2D eigenvalue weighted by Gasteiger charge is 2.12. The quantitative estimate of drug-likeness (QED) is 0.344. The highest BCUT2D eigenvalue weighted by atomic mass is 35.5. The third-order valence-corrected chi connectivity index (χ3v) is 6.53. The summed E-state index contributed by atoms with van der Waals surface area (Å²) >= 11 is 8.61. The van der Waals surface area contributed by atoms with Crippen LogP contribution in [0.1, 0.15) is 10.4 Å². The molecular formula is C21H15ClN6OS2. The zero-order chi connectivity index (χ0) is 21.2. The Hall–Kier alpha value is -3.01. The molecule has 7 nitrogen and oxygen atoms in total. The summed E-state index contributed by atoms with van der Waals surface area (Å²) in [6.45, 7) is 0. The van der Waals surface area contributed by atoms with E-state index in [0.29, 0.717) is 21.0 Å². The molecule has 0 aliphatic carbocycles. The number of thiazole rings is 1. The SMILES string of the molecule is O=C(CSc1nnc2c(n1)[nH]c1ccccc12)Nc1ncc(Cc2ccc(Cl)cc2)s1. The van der Waals surface area contributed by atoms with Crippen LogP contribution in [0.5, 0.6) is 0 Å². The molecule has 0 aliphatic rings. The number of hydrogen-bond acceptors (Lipinski definition) is 7. The minimum atomic E-state index is -0.169. The van der Waals surface area contributed by atoms with E-state index in [-0.39, 0.29) is 11.7 Å². The molecule has 0 radical (unpaired) electrons. The molecule has 2 N–H and O–H groups in total. The van der Waals surface area contributed by atoms with Gasteiger partial charge in [-0.1, -0.05) is 53.7 Å². The maximum Gasteiger partial charge on any atom is 0.236 e. The van der Waals surface area contributed by atoms with Gasteiger partial charge in [-0.2, -0.15) is 0 Å². The van der Waals surface area contributed by atoms with E-state index in [4.69, 9.17) is 11.6 Å². The van der Waals surface area contributed by atoms with E-state index in [0.717, 1.165) is 33.3 Å². The fourth-order valence-electron chi connectivity index (χ4n) is 3.10. The van der Waals surface area contributed by atoms with Crippen LogP contribution >= 0.6 is 34.7 Å². The Balaban J connectivity index is 1.19. The number of para-hydroxylation sites is 1.